The summed E-state index contributed by atoms with van der Waals surface area (Å²) in [6.45, 7) is 3.92. The molecule has 120 valence electrons. The molecule has 23 heavy (non-hydrogen) atoms. The minimum Gasteiger partial charge on any atom is -0.349 e. The van der Waals surface area contributed by atoms with Crippen LogP contribution in [-0.2, 0) is 0 Å². The van der Waals surface area contributed by atoms with Gasteiger partial charge in [-0.25, -0.2) is 0 Å². The second-order valence-corrected chi connectivity index (χ2v) is 7.36. The zero-order valence-corrected chi connectivity index (χ0v) is 14.9. The second kappa shape index (κ2) is 6.07. The highest BCUT2D eigenvalue weighted by atomic mass is 35.5. The largest absolute Gasteiger partial charge is 0.349 e. The lowest BCUT2D eigenvalue weighted by Gasteiger charge is -2.10. The number of thiazole rings is 1. The normalized spacial score (nSPS) is 12.7. The molecule has 1 aromatic carbocycles. The fourth-order valence-corrected chi connectivity index (χ4v) is 3.77. The Kier molecular flexibility index (Phi) is 4.27. The van der Waals surface area contributed by atoms with E-state index in [1.165, 1.54) is 11.3 Å². The number of nitrogens with zero attached hydrogens (tertiary/aromatic N) is 1. The van der Waals surface area contributed by atoms with E-state index in [-0.39, 0.29) is 17.5 Å². The number of H-pyrrole nitrogens is 1. The molecule has 0 spiro atoms. The third-order valence-corrected chi connectivity index (χ3v) is 5.29. The summed E-state index contributed by atoms with van der Waals surface area (Å²) in [5, 5.41) is 3.81. The molecule has 1 atom stereocenters. The van der Waals surface area contributed by atoms with E-state index in [9.17, 15) is 9.59 Å². The minimum atomic E-state index is -0.298. The molecule has 0 saturated carbocycles. The number of aromatic amines is 1. The van der Waals surface area contributed by atoms with Gasteiger partial charge in [-0.1, -0.05) is 29.9 Å². The van der Waals surface area contributed by atoms with Gasteiger partial charge in [-0.3, -0.25) is 14.0 Å². The smallest absolute Gasteiger partial charge is 0.265 e. The second-order valence-electron chi connectivity index (χ2n) is 5.28. The third-order valence-electron chi connectivity index (χ3n) is 3.68. The zero-order valence-electron chi connectivity index (χ0n) is 12.5. The molecular formula is C15H14ClN3O2S2. The molecule has 1 unspecified atom stereocenters. The van der Waals surface area contributed by atoms with Crippen LogP contribution in [0.4, 0.5) is 0 Å². The van der Waals surface area contributed by atoms with Crippen LogP contribution >= 0.6 is 35.2 Å². The van der Waals surface area contributed by atoms with Crippen LogP contribution in [0.5, 0.6) is 0 Å². The van der Waals surface area contributed by atoms with Crippen molar-refractivity contribution in [3.63, 3.8) is 0 Å². The lowest BCUT2D eigenvalue weighted by atomic mass is 10.2. The van der Waals surface area contributed by atoms with Gasteiger partial charge < -0.3 is 10.3 Å². The molecule has 0 saturated heterocycles. The topological polar surface area (TPSA) is 66.4 Å². The number of fused-ring (bicyclic) bond motifs is 3. The van der Waals surface area contributed by atoms with E-state index in [1.54, 1.807) is 22.6 Å². The molecule has 5 nitrogen and oxygen atoms in total. The van der Waals surface area contributed by atoms with Gasteiger partial charge in [0.15, 0.2) is 3.95 Å². The quantitative estimate of drug-likeness (QED) is 0.693. The van der Waals surface area contributed by atoms with Gasteiger partial charge in [0, 0.05) is 11.1 Å². The molecule has 0 aliphatic carbocycles. The van der Waals surface area contributed by atoms with Gasteiger partial charge in [-0.2, -0.15) is 0 Å². The molecule has 0 radical (unpaired) electrons. The van der Waals surface area contributed by atoms with E-state index < -0.39 is 0 Å². The monoisotopic (exact) mass is 367 g/mol. The molecule has 2 aromatic heterocycles. The fourth-order valence-electron chi connectivity index (χ4n) is 2.31. The molecule has 0 fully saturated rings. The predicted octanol–water partition coefficient (Wildman–Crippen LogP) is 3.75. The summed E-state index contributed by atoms with van der Waals surface area (Å²) < 4.78 is 2.20. The molecule has 0 aliphatic heterocycles. The van der Waals surface area contributed by atoms with Crippen LogP contribution in [0.3, 0.4) is 0 Å². The van der Waals surface area contributed by atoms with E-state index in [2.05, 4.69) is 10.3 Å². The summed E-state index contributed by atoms with van der Waals surface area (Å²) >= 11 is 12.5. The first-order chi connectivity index (χ1) is 10.9. The van der Waals surface area contributed by atoms with E-state index in [4.69, 9.17) is 23.8 Å². The van der Waals surface area contributed by atoms with Gasteiger partial charge in [0.05, 0.1) is 10.9 Å². The van der Waals surface area contributed by atoms with E-state index in [1.807, 2.05) is 13.8 Å². The standard InChI is InChI=1S/C15H14ClN3O2S2/c1-3-7(2)17-14(21)11-12-18-13(20)9-6-8(16)4-5-10(9)19(12)15(22)23-11/h4-7H,3H2,1-2H3,(H,17,21)(H,18,20). The van der Waals surface area contributed by atoms with E-state index in [0.717, 1.165) is 6.42 Å². The summed E-state index contributed by atoms with van der Waals surface area (Å²) in [5.74, 6) is -0.234. The number of nitrogens with one attached hydrogen (secondary N) is 2. The fraction of sp³-hybridized carbons (Fsp3) is 0.267. The molecule has 1 amide bonds. The van der Waals surface area contributed by atoms with Crippen molar-refractivity contribution in [1.29, 1.82) is 0 Å². The van der Waals surface area contributed by atoms with Crippen LogP contribution < -0.4 is 10.9 Å². The number of aromatic nitrogens is 2. The highest BCUT2D eigenvalue weighted by Crippen LogP contribution is 2.24. The molecule has 2 heterocycles. The molecule has 0 aliphatic rings. The van der Waals surface area contributed by atoms with Crippen LogP contribution in [0.1, 0.15) is 29.9 Å². The van der Waals surface area contributed by atoms with Crippen LogP contribution in [0.2, 0.25) is 5.02 Å². The molecule has 3 rings (SSSR count). The first-order valence-corrected chi connectivity index (χ1v) is 8.70. The molecule has 2 N–H and O–H groups in total. The Hall–Kier alpha value is -1.70. The maximum absolute atomic E-state index is 12.4. The number of carbonyl (C=O) groups excluding carboxylic acids is 1. The number of rotatable bonds is 3. The van der Waals surface area contributed by atoms with Crippen LogP contribution in [0.15, 0.2) is 23.0 Å². The number of amides is 1. The Morgan fingerprint density at radius 1 is 1.52 bits per heavy atom. The van der Waals surface area contributed by atoms with Gasteiger partial charge in [-0.15, -0.1) is 0 Å². The highest BCUT2D eigenvalue weighted by molar-refractivity contribution is 7.73. The van der Waals surface area contributed by atoms with Crippen molar-refractivity contribution < 1.29 is 4.79 Å². The number of halogens is 1. The Morgan fingerprint density at radius 3 is 2.96 bits per heavy atom. The van der Waals surface area contributed by atoms with Crippen molar-refractivity contribution in [3.05, 3.63) is 42.4 Å². The van der Waals surface area contributed by atoms with Crippen molar-refractivity contribution in [1.82, 2.24) is 14.7 Å². The average molecular weight is 368 g/mol. The highest BCUT2D eigenvalue weighted by Gasteiger charge is 2.19. The summed E-state index contributed by atoms with van der Waals surface area (Å²) in [6, 6.07) is 5.07. The van der Waals surface area contributed by atoms with Gasteiger partial charge in [0.25, 0.3) is 11.5 Å². The van der Waals surface area contributed by atoms with Crippen LogP contribution in [0.25, 0.3) is 16.6 Å². The number of hydrogen-bond acceptors (Lipinski definition) is 4. The van der Waals surface area contributed by atoms with E-state index in [0.29, 0.717) is 30.4 Å². The van der Waals surface area contributed by atoms with Gasteiger partial charge in [0.2, 0.25) is 0 Å². The Labute approximate surface area is 145 Å². The Balaban J connectivity index is 2.30. The Morgan fingerprint density at radius 2 is 2.26 bits per heavy atom. The first-order valence-electron chi connectivity index (χ1n) is 7.10. The van der Waals surface area contributed by atoms with Gasteiger partial charge >= 0.3 is 0 Å². The summed E-state index contributed by atoms with van der Waals surface area (Å²) in [6.07, 6.45) is 0.820. The van der Waals surface area contributed by atoms with Crippen LogP contribution in [0, 0.1) is 3.95 Å². The Bertz CT molecular complexity index is 1030. The SMILES string of the molecule is CCC(C)NC(=O)c1sc(=S)n2c1[nH]c(=O)c1cc(Cl)ccc12. The van der Waals surface area contributed by atoms with Crippen molar-refractivity contribution in [3.8, 4) is 0 Å². The van der Waals surface area contributed by atoms with Crippen molar-refractivity contribution in [2.45, 2.75) is 26.3 Å². The molecular weight excluding hydrogens is 354 g/mol. The summed E-state index contributed by atoms with van der Waals surface area (Å²) in [7, 11) is 0. The maximum Gasteiger partial charge on any atom is 0.265 e. The van der Waals surface area contributed by atoms with Crippen molar-refractivity contribution in [2.75, 3.05) is 0 Å². The first kappa shape index (κ1) is 16.2. The predicted molar refractivity (Wildman–Crippen MR) is 96.5 cm³/mol. The average Bonchev–Trinajstić information content (AvgIpc) is 2.84. The molecule has 8 heteroatoms. The lowest BCUT2D eigenvalue weighted by molar-refractivity contribution is 0.0944. The number of benzene rings is 1. The van der Waals surface area contributed by atoms with Crippen molar-refractivity contribution >= 4 is 57.6 Å². The summed E-state index contributed by atoms with van der Waals surface area (Å²) in [4.78, 5) is 27.9. The summed E-state index contributed by atoms with van der Waals surface area (Å²) in [5.41, 5.74) is 0.755. The minimum absolute atomic E-state index is 0.0456. The van der Waals surface area contributed by atoms with Crippen LogP contribution in [-0.4, -0.2) is 21.3 Å². The van der Waals surface area contributed by atoms with E-state index >= 15 is 0 Å². The maximum atomic E-state index is 12.4. The van der Waals surface area contributed by atoms with Gasteiger partial charge in [-0.05, 0) is 43.8 Å². The van der Waals surface area contributed by atoms with Crippen molar-refractivity contribution in [2.24, 2.45) is 0 Å². The zero-order chi connectivity index (χ0) is 16.7. The number of carbonyl (C=O) groups is 1. The lowest BCUT2D eigenvalue weighted by Crippen LogP contribution is -2.31. The number of hydrogen-bond donors (Lipinski definition) is 2. The molecule has 0 bridgehead atoms. The third kappa shape index (κ3) is 2.80. The van der Waals surface area contributed by atoms with Gasteiger partial charge in [0.1, 0.15) is 10.5 Å². The molecule has 3 aromatic rings.